The second kappa shape index (κ2) is 14.9. The number of imide groups is 1. The number of fused-ring (bicyclic) bond motifs is 3. The van der Waals surface area contributed by atoms with E-state index in [2.05, 4.69) is 45.0 Å². The van der Waals surface area contributed by atoms with Crippen molar-refractivity contribution in [1.29, 1.82) is 0 Å². The van der Waals surface area contributed by atoms with Crippen LogP contribution in [0.5, 0.6) is 0 Å². The fourth-order valence-corrected chi connectivity index (χ4v) is 7.90. The van der Waals surface area contributed by atoms with E-state index in [-0.39, 0.29) is 48.3 Å². The van der Waals surface area contributed by atoms with E-state index < -0.39 is 11.9 Å². The minimum absolute atomic E-state index is 0.111. The maximum absolute atomic E-state index is 13.1. The van der Waals surface area contributed by atoms with Gasteiger partial charge in [0.2, 0.25) is 17.7 Å². The Morgan fingerprint density at radius 1 is 0.982 bits per heavy atom. The van der Waals surface area contributed by atoms with Gasteiger partial charge in [0, 0.05) is 78.9 Å². The second-order valence-corrected chi connectivity index (χ2v) is 14.1. The molecule has 2 N–H and O–H groups in total. The second-order valence-electron chi connectivity index (χ2n) is 14.1. The zero-order valence-corrected chi connectivity index (χ0v) is 31.4. The van der Waals surface area contributed by atoms with Crippen LogP contribution >= 0.6 is 0 Å². The number of carbonyl (C=O) groups excluding carboxylic acids is 5. The molecule has 13 nitrogen and oxygen atoms in total. The average Bonchev–Trinajstić information content (AvgIpc) is 3.76. The highest BCUT2D eigenvalue weighted by atomic mass is 16.2. The van der Waals surface area contributed by atoms with Crippen molar-refractivity contribution in [3.05, 3.63) is 101 Å². The first-order valence-corrected chi connectivity index (χ1v) is 18.9. The van der Waals surface area contributed by atoms with E-state index in [1.54, 1.807) is 24.4 Å². The molecule has 0 bridgehead atoms. The van der Waals surface area contributed by atoms with Crippen molar-refractivity contribution in [3.8, 4) is 34.4 Å². The van der Waals surface area contributed by atoms with Crippen molar-refractivity contribution in [2.75, 3.05) is 13.1 Å². The van der Waals surface area contributed by atoms with Crippen molar-refractivity contribution in [2.24, 2.45) is 0 Å². The van der Waals surface area contributed by atoms with Gasteiger partial charge in [-0.05, 0) is 61.5 Å². The fraction of sp³-hybridized carbons (Fsp3) is 0.302. The molecule has 2 aromatic carbocycles. The zero-order chi connectivity index (χ0) is 39.1. The summed E-state index contributed by atoms with van der Waals surface area (Å²) in [7, 11) is 0. The van der Waals surface area contributed by atoms with Crippen LogP contribution in [0.4, 0.5) is 0 Å². The summed E-state index contributed by atoms with van der Waals surface area (Å²) in [6.07, 6.45) is 5.06. The molecule has 0 saturated carbocycles. The number of pyridine rings is 2. The molecule has 282 valence electrons. The number of hydrogen-bond acceptors (Lipinski definition) is 8. The van der Waals surface area contributed by atoms with E-state index in [1.165, 1.54) is 4.90 Å². The minimum Gasteiger partial charge on any atom is -0.350 e. The third-order valence-electron chi connectivity index (χ3n) is 10.8. The molecule has 0 aliphatic carbocycles. The minimum atomic E-state index is -0.691. The lowest BCUT2D eigenvalue weighted by molar-refractivity contribution is -0.137. The van der Waals surface area contributed by atoms with Crippen LogP contribution in [0.15, 0.2) is 67.0 Å². The Balaban J connectivity index is 0.918. The summed E-state index contributed by atoms with van der Waals surface area (Å²) < 4.78 is 2.10. The number of nitrogens with zero attached hydrogens (tertiary/aromatic N) is 6. The number of amides is 5. The van der Waals surface area contributed by atoms with Crippen molar-refractivity contribution in [2.45, 2.75) is 71.6 Å². The van der Waals surface area contributed by atoms with E-state index in [1.807, 2.05) is 55.3 Å². The third-order valence-corrected chi connectivity index (χ3v) is 10.8. The number of nitrogens with one attached hydrogen (secondary N) is 2. The number of benzene rings is 2. The van der Waals surface area contributed by atoms with Gasteiger partial charge in [-0.2, -0.15) is 0 Å². The Morgan fingerprint density at radius 2 is 1.80 bits per heavy atom. The molecule has 13 heteroatoms. The van der Waals surface area contributed by atoms with Crippen LogP contribution in [0.3, 0.4) is 0 Å². The molecule has 3 aromatic heterocycles. The number of hydrogen-bond donors (Lipinski definition) is 2. The summed E-state index contributed by atoms with van der Waals surface area (Å²) in [4.78, 5) is 80.7. The van der Waals surface area contributed by atoms with Crippen molar-refractivity contribution in [3.63, 3.8) is 0 Å². The summed E-state index contributed by atoms with van der Waals surface area (Å²) in [5.74, 6) is 5.85. The van der Waals surface area contributed by atoms with Gasteiger partial charge in [0.15, 0.2) is 0 Å². The Labute approximate surface area is 323 Å². The van der Waals surface area contributed by atoms with E-state index >= 15 is 0 Å². The van der Waals surface area contributed by atoms with Gasteiger partial charge in [-0.25, -0.2) is 4.98 Å². The number of likely N-dealkylation sites (N-methyl/N-ethyl adjacent to an activating group) is 1. The highest BCUT2D eigenvalue weighted by Crippen LogP contribution is 2.37. The molecule has 1 unspecified atom stereocenters. The molecule has 1 fully saturated rings. The Morgan fingerprint density at radius 3 is 2.57 bits per heavy atom. The molecule has 1 saturated heterocycles. The van der Waals surface area contributed by atoms with E-state index in [4.69, 9.17) is 9.97 Å². The van der Waals surface area contributed by atoms with Gasteiger partial charge >= 0.3 is 0 Å². The van der Waals surface area contributed by atoms with Gasteiger partial charge in [-0.15, -0.1) is 0 Å². The lowest BCUT2D eigenvalue weighted by atomic mass is 10.00. The van der Waals surface area contributed by atoms with Crippen LogP contribution < -0.4 is 10.6 Å². The number of carbonyl (C=O) groups is 5. The van der Waals surface area contributed by atoms with Gasteiger partial charge in [-0.3, -0.25) is 39.3 Å². The molecule has 5 amide bonds. The average molecular weight is 749 g/mol. The quantitative estimate of drug-likeness (QED) is 0.133. The van der Waals surface area contributed by atoms with E-state index in [0.717, 1.165) is 56.8 Å². The van der Waals surface area contributed by atoms with Gasteiger partial charge in [0.05, 0.1) is 23.6 Å². The lowest BCUT2D eigenvalue weighted by Gasteiger charge is -2.33. The first-order valence-electron chi connectivity index (χ1n) is 18.9. The van der Waals surface area contributed by atoms with E-state index in [0.29, 0.717) is 43.6 Å². The summed E-state index contributed by atoms with van der Waals surface area (Å²) in [6, 6.07) is 15.9. The van der Waals surface area contributed by atoms with Crippen LogP contribution in [-0.2, 0) is 33.9 Å². The SMILES string of the molecule is CCc1nc(-c2cccc3cc(-c4ccc(C(=O)NCCC#Cc5cccc6c5CN(C5CCC(=O)NC5=O)C6=O)nc4)ncc23)c2n1[C@H](C)C(=O)N(CC)C2. The van der Waals surface area contributed by atoms with Gasteiger partial charge in [0.25, 0.3) is 11.8 Å². The van der Waals surface area contributed by atoms with Crippen molar-refractivity contribution in [1.82, 2.24) is 40.0 Å². The molecule has 3 aliphatic heterocycles. The maximum Gasteiger partial charge on any atom is 0.269 e. The number of aryl methyl sites for hydroxylation is 1. The number of aromatic nitrogens is 4. The van der Waals surface area contributed by atoms with E-state index in [9.17, 15) is 24.0 Å². The highest BCUT2D eigenvalue weighted by Gasteiger charge is 2.40. The standard InChI is InChI=1S/C43H40N8O5/c1-4-37-47-39(36-24-49(5-2)42(55)25(3)51(36)37)29-13-9-12-27-20-34(46-22-31(27)29)28-15-16-33(45-21-28)40(53)44-19-7-6-10-26-11-8-14-30-32(26)23-50(43(30)56)35-17-18-38(52)48-41(35)54/h8-9,11-16,20-22,25,35H,4-5,7,17-19,23-24H2,1-3H3,(H,44,53)(H,48,52,54)/t25-,35?/m1/s1. The monoisotopic (exact) mass is 748 g/mol. The molecular formula is C43H40N8O5. The largest absolute Gasteiger partial charge is 0.350 e. The lowest BCUT2D eigenvalue weighted by Crippen LogP contribution is -2.52. The third kappa shape index (κ3) is 6.46. The Kier molecular flexibility index (Phi) is 9.64. The molecule has 5 aromatic rings. The normalized spacial score (nSPS) is 17.7. The topological polar surface area (TPSA) is 159 Å². The number of piperidine rings is 1. The predicted molar refractivity (Wildman–Crippen MR) is 208 cm³/mol. The fourth-order valence-electron chi connectivity index (χ4n) is 7.90. The van der Waals surface area contributed by atoms with Crippen LogP contribution in [0.2, 0.25) is 0 Å². The molecule has 6 heterocycles. The van der Waals surface area contributed by atoms with Crippen LogP contribution in [-0.4, -0.2) is 78.0 Å². The zero-order valence-electron chi connectivity index (χ0n) is 31.4. The summed E-state index contributed by atoms with van der Waals surface area (Å²) in [5.41, 5.74) is 6.58. The molecule has 3 aliphatic rings. The van der Waals surface area contributed by atoms with Gasteiger partial charge < -0.3 is 19.7 Å². The highest BCUT2D eigenvalue weighted by molar-refractivity contribution is 6.05. The van der Waals surface area contributed by atoms with Crippen molar-refractivity contribution < 1.29 is 24.0 Å². The molecule has 0 radical (unpaired) electrons. The number of imidazole rings is 1. The smallest absolute Gasteiger partial charge is 0.269 e. The van der Waals surface area contributed by atoms with Crippen LogP contribution in [0.1, 0.15) is 89.6 Å². The first-order chi connectivity index (χ1) is 27.2. The Bertz CT molecular complexity index is 2510. The summed E-state index contributed by atoms with van der Waals surface area (Å²) >= 11 is 0. The molecule has 0 spiro atoms. The van der Waals surface area contributed by atoms with Crippen molar-refractivity contribution >= 4 is 40.3 Å². The summed E-state index contributed by atoms with van der Waals surface area (Å²) in [5, 5.41) is 7.13. The first kappa shape index (κ1) is 36.3. The van der Waals surface area contributed by atoms with Crippen LogP contribution in [0, 0.1) is 11.8 Å². The Hall–Kier alpha value is -6.68. The number of rotatable bonds is 8. The molecule has 8 rings (SSSR count). The molecule has 2 atom stereocenters. The van der Waals surface area contributed by atoms with Gasteiger partial charge in [0.1, 0.15) is 23.6 Å². The predicted octanol–water partition coefficient (Wildman–Crippen LogP) is 4.58. The maximum atomic E-state index is 13.1. The summed E-state index contributed by atoms with van der Waals surface area (Å²) in [6.45, 7) is 7.69. The van der Waals surface area contributed by atoms with Gasteiger partial charge in [-0.1, -0.05) is 43.0 Å². The molecular weight excluding hydrogens is 709 g/mol. The molecule has 56 heavy (non-hydrogen) atoms. The van der Waals surface area contributed by atoms with Crippen LogP contribution in [0.25, 0.3) is 33.3 Å².